The SMILES string of the molecule is Cc1ccc2c(c1)CCCN2CC(=O)Nc1sc2c(c1C(N)=O)CCC2. The second-order valence-electron chi connectivity index (χ2n) is 7.13. The normalized spacial score (nSPS) is 15.5. The molecule has 3 N–H and O–H groups in total. The van der Waals surface area contributed by atoms with E-state index in [0.29, 0.717) is 10.6 Å². The van der Waals surface area contributed by atoms with Gasteiger partial charge in [-0.2, -0.15) is 0 Å². The second kappa shape index (κ2) is 6.76. The van der Waals surface area contributed by atoms with Gasteiger partial charge in [0, 0.05) is 17.1 Å². The van der Waals surface area contributed by atoms with Crippen LogP contribution < -0.4 is 16.0 Å². The van der Waals surface area contributed by atoms with Gasteiger partial charge in [-0.15, -0.1) is 11.3 Å². The summed E-state index contributed by atoms with van der Waals surface area (Å²) in [5, 5.41) is 3.57. The predicted molar refractivity (Wildman–Crippen MR) is 105 cm³/mol. The molecule has 4 rings (SSSR count). The Morgan fingerprint density at radius 2 is 2.08 bits per heavy atom. The summed E-state index contributed by atoms with van der Waals surface area (Å²) in [7, 11) is 0. The van der Waals surface area contributed by atoms with Gasteiger partial charge in [0.1, 0.15) is 5.00 Å². The van der Waals surface area contributed by atoms with Gasteiger partial charge < -0.3 is 16.0 Å². The second-order valence-corrected chi connectivity index (χ2v) is 8.24. The zero-order chi connectivity index (χ0) is 18.3. The molecule has 0 radical (unpaired) electrons. The van der Waals surface area contributed by atoms with E-state index in [4.69, 9.17) is 5.73 Å². The maximum atomic E-state index is 12.7. The molecule has 1 aromatic heterocycles. The third-order valence-corrected chi connectivity index (χ3v) is 6.41. The van der Waals surface area contributed by atoms with Crippen LogP contribution in [0.5, 0.6) is 0 Å². The monoisotopic (exact) mass is 369 g/mol. The van der Waals surface area contributed by atoms with E-state index in [1.807, 2.05) is 0 Å². The average molecular weight is 369 g/mol. The number of aryl methyl sites for hydroxylation is 3. The van der Waals surface area contributed by atoms with Gasteiger partial charge in [-0.25, -0.2) is 0 Å². The molecule has 0 saturated carbocycles. The number of hydrogen-bond donors (Lipinski definition) is 2. The number of rotatable bonds is 4. The molecule has 136 valence electrons. The van der Waals surface area contributed by atoms with Crippen LogP contribution >= 0.6 is 11.3 Å². The zero-order valence-corrected chi connectivity index (χ0v) is 15.7. The first-order chi connectivity index (χ1) is 12.5. The van der Waals surface area contributed by atoms with Crippen molar-refractivity contribution in [3.8, 4) is 0 Å². The number of hydrogen-bond acceptors (Lipinski definition) is 4. The maximum Gasteiger partial charge on any atom is 0.251 e. The molecule has 1 aliphatic carbocycles. The van der Waals surface area contributed by atoms with Crippen molar-refractivity contribution in [2.75, 3.05) is 23.3 Å². The first-order valence-corrected chi connectivity index (χ1v) is 9.93. The number of amides is 2. The van der Waals surface area contributed by atoms with Crippen LogP contribution in [0.25, 0.3) is 0 Å². The topological polar surface area (TPSA) is 75.4 Å². The Kier molecular flexibility index (Phi) is 4.44. The summed E-state index contributed by atoms with van der Waals surface area (Å²) in [6.07, 6.45) is 5.00. The Labute approximate surface area is 157 Å². The highest BCUT2D eigenvalue weighted by Crippen LogP contribution is 2.39. The fourth-order valence-corrected chi connectivity index (χ4v) is 5.37. The van der Waals surface area contributed by atoms with E-state index < -0.39 is 5.91 Å². The van der Waals surface area contributed by atoms with Gasteiger partial charge in [-0.3, -0.25) is 9.59 Å². The molecule has 0 fully saturated rings. The average Bonchev–Trinajstić information content (AvgIpc) is 3.14. The molecular weight excluding hydrogens is 346 g/mol. The number of nitrogens with one attached hydrogen (secondary N) is 1. The van der Waals surface area contributed by atoms with Gasteiger partial charge in [0.05, 0.1) is 12.1 Å². The lowest BCUT2D eigenvalue weighted by Crippen LogP contribution is -2.37. The quantitative estimate of drug-likeness (QED) is 0.870. The molecule has 26 heavy (non-hydrogen) atoms. The molecule has 0 spiro atoms. The number of carbonyl (C=O) groups is 2. The van der Waals surface area contributed by atoms with E-state index in [1.165, 1.54) is 27.3 Å². The van der Waals surface area contributed by atoms with Crippen molar-refractivity contribution in [2.45, 2.75) is 39.0 Å². The van der Waals surface area contributed by atoms with Crippen molar-refractivity contribution >= 4 is 33.8 Å². The van der Waals surface area contributed by atoms with Gasteiger partial charge in [-0.05, 0) is 56.2 Å². The molecule has 2 amide bonds. The number of anilines is 2. The maximum absolute atomic E-state index is 12.7. The van der Waals surface area contributed by atoms with E-state index in [0.717, 1.165) is 49.9 Å². The highest BCUT2D eigenvalue weighted by atomic mass is 32.1. The van der Waals surface area contributed by atoms with Gasteiger partial charge in [0.2, 0.25) is 5.91 Å². The summed E-state index contributed by atoms with van der Waals surface area (Å²) in [5.74, 6) is -0.542. The van der Waals surface area contributed by atoms with Crippen LogP contribution in [-0.2, 0) is 24.1 Å². The minimum absolute atomic E-state index is 0.0964. The zero-order valence-electron chi connectivity index (χ0n) is 14.9. The largest absolute Gasteiger partial charge is 0.365 e. The summed E-state index contributed by atoms with van der Waals surface area (Å²) in [4.78, 5) is 27.8. The fraction of sp³-hybridized carbons (Fsp3) is 0.400. The van der Waals surface area contributed by atoms with Crippen LogP contribution in [-0.4, -0.2) is 24.9 Å². The molecule has 5 nitrogen and oxygen atoms in total. The van der Waals surface area contributed by atoms with Crippen molar-refractivity contribution in [2.24, 2.45) is 5.73 Å². The van der Waals surface area contributed by atoms with Crippen LogP contribution in [0.15, 0.2) is 18.2 Å². The Morgan fingerprint density at radius 3 is 2.88 bits per heavy atom. The molecular formula is C20H23N3O2S. The smallest absolute Gasteiger partial charge is 0.251 e. The van der Waals surface area contributed by atoms with Gasteiger partial charge >= 0.3 is 0 Å². The van der Waals surface area contributed by atoms with Gasteiger partial charge in [0.15, 0.2) is 0 Å². The minimum atomic E-state index is -0.446. The van der Waals surface area contributed by atoms with Crippen molar-refractivity contribution in [3.05, 3.63) is 45.3 Å². The molecule has 0 saturated heterocycles. The lowest BCUT2D eigenvalue weighted by molar-refractivity contribution is -0.115. The summed E-state index contributed by atoms with van der Waals surface area (Å²) in [5.41, 5.74) is 10.8. The molecule has 6 heteroatoms. The number of thiophene rings is 1. The Balaban J connectivity index is 1.52. The van der Waals surface area contributed by atoms with Crippen molar-refractivity contribution in [1.29, 1.82) is 0 Å². The van der Waals surface area contributed by atoms with Crippen LogP contribution in [0.2, 0.25) is 0 Å². The third kappa shape index (κ3) is 3.09. The van der Waals surface area contributed by atoms with E-state index in [2.05, 4.69) is 35.3 Å². The number of benzene rings is 1. The minimum Gasteiger partial charge on any atom is -0.365 e. The van der Waals surface area contributed by atoms with Crippen LogP contribution in [0.3, 0.4) is 0 Å². The molecule has 0 atom stereocenters. The number of fused-ring (bicyclic) bond motifs is 2. The number of nitrogens with two attached hydrogens (primary N) is 1. The van der Waals surface area contributed by atoms with Crippen LogP contribution in [0, 0.1) is 6.92 Å². The van der Waals surface area contributed by atoms with Crippen LogP contribution in [0.1, 0.15) is 44.8 Å². The first-order valence-electron chi connectivity index (χ1n) is 9.11. The Morgan fingerprint density at radius 1 is 1.23 bits per heavy atom. The number of nitrogens with zero attached hydrogens (tertiary/aromatic N) is 1. The van der Waals surface area contributed by atoms with E-state index in [9.17, 15) is 9.59 Å². The Hall–Kier alpha value is -2.34. The van der Waals surface area contributed by atoms with Crippen molar-refractivity contribution in [1.82, 2.24) is 0 Å². The highest BCUT2D eigenvalue weighted by molar-refractivity contribution is 7.17. The molecule has 0 unspecified atom stereocenters. The summed E-state index contributed by atoms with van der Waals surface area (Å²) >= 11 is 1.50. The Bertz CT molecular complexity index is 887. The van der Waals surface area contributed by atoms with E-state index >= 15 is 0 Å². The molecule has 2 heterocycles. The summed E-state index contributed by atoms with van der Waals surface area (Å²) in [6.45, 7) is 3.25. The van der Waals surface area contributed by atoms with Crippen LogP contribution in [0.4, 0.5) is 10.7 Å². The standard InChI is InChI=1S/C20H23N3O2S/c1-12-7-8-15-13(10-12)4-3-9-23(15)11-17(24)22-20-18(19(21)25)14-5-2-6-16(14)26-20/h7-8,10H,2-6,9,11H2,1H3,(H2,21,25)(H,22,24). The molecule has 2 aliphatic rings. The third-order valence-electron chi connectivity index (χ3n) is 5.20. The summed E-state index contributed by atoms with van der Waals surface area (Å²) in [6, 6.07) is 6.39. The van der Waals surface area contributed by atoms with Gasteiger partial charge in [0.25, 0.3) is 5.91 Å². The first kappa shape index (κ1) is 17.1. The molecule has 0 bridgehead atoms. The van der Waals surface area contributed by atoms with E-state index in [1.54, 1.807) is 0 Å². The summed E-state index contributed by atoms with van der Waals surface area (Å²) < 4.78 is 0. The molecule has 1 aromatic carbocycles. The fourth-order valence-electron chi connectivity index (χ4n) is 4.06. The lowest BCUT2D eigenvalue weighted by atomic mass is 9.99. The highest BCUT2D eigenvalue weighted by Gasteiger charge is 2.27. The van der Waals surface area contributed by atoms with E-state index in [-0.39, 0.29) is 12.5 Å². The van der Waals surface area contributed by atoms with Crippen molar-refractivity contribution in [3.63, 3.8) is 0 Å². The van der Waals surface area contributed by atoms with Crippen molar-refractivity contribution < 1.29 is 9.59 Å². The predicted octanol–water partition coefficient (Wildman–Crippen LogP) is 3.04. The number of primary amides is 1. The molecule has 1 aliphatic heterocycles. The molecule has 2 aromatic rings. The lowest BCUT2D eigenvalue weighted by Gasteiger charge is -2.31. The number of carbonyl (C=O) groups excluding carboxylic acids is 2. The van der Waals surface area contributed by atoms with Gasteiger partial charge in [-0.1, -0.05) is 17.7 Å².